The van der Waals surface area contributed by atoms with E-state index < -0.39 is 18.0 Å². The highest BCUT2D eigenvalue weighted by atomic mass is 16.4. The average Bonchev–Trinajstić information content (AvgIpc) is 2.50. The summed E-state index contributed by atoms with van der Waals surface area (Å²) in [4.78, 5) is 32.4. The average molecular weight is 215 g/mol. The molecule has 1 aliphatic heterocycles. The van der Waals surface area contributed by atoms with E-state index >= 15 is 0 Å². The third kappa shape index (κ3) is 3.45. The molecule has 2 atom stereocenters. The molecule has 1 unspecified atom stereocenters. The summed E-state index contributed by atoms with van der Waals surface area (Å²) in [6.45, 7) is 1.74. The standard InChI is InChI=1S/C8H13N3O4/c1-4(7(13)14)10-8(15)11-5-2-6(12)9-3-5/h4-5H,2-3H2,1H3,(H,9,12)(H,13,14)(H2,10,11,15)/t4-,5?/m0/s1. The van der Waals surface area contributed by atoms with Gasteiger partial charge in [-0.1, -0.05) is 0 Å². The van der Waals surface area contributed by atoms with Gasteiger partial charge in [-0.3, -0.25) is 9.59 Å². The molecule has 7 nitrogen and oxygen atoms in total. The summed E-state index contributed by atoms with van der Waals surface area (Å²) in [7, 11) is 0. The number of hydrogen-bond acceptors (Lipinski definition) is 3. The minimum Gasteiger partial charge on any atom is -0.480 e. The first-order valence-corrected chi connectivity index (χ1v) is 4.55. The summed E-state index contributed by atoms with van der Waals surface area (Å²) >= 11 is 0. The van der Waals surface area contributed by atoms with Crippen LogP contribution in [0.25, 0.3) is 0 Å². The highest BCUT2D eigenvalue weighted by Crippen LogP contribution is 1.98. The third-order valence-electron chi connectivity index (χ3n) is 2.03. The van der Waals surface area contributed by atoms with Gasteiger partial charge < -0.3 is 21.1 Å². The first-order chi connectivity index (χ1) is 6.99. The van der Waals surface area contributed by atoms with Gasteiger partial charge in [-0.25, -0.2) is 4.79 Å². The minimum absolute atomic E-state index is 0.119. The summed E-state index contributed by atoms with van der Waals surface area (Å²) in [5.74, 6) is -1.22. The molecule has 0 aliphatic carbocycles. The summed E-state index contributed by atoms with van der Waals surface area (Å²) in [6, 6.07) is -1.79. The molecule has 0 bridgehead atoms. The number of hydrogen-bond donors (Lipinski definition) is 4. The summed E-state index contributed by atoms with van der Waals surface area (Å²) < 4.78 is 0. The molecule has 7 heteroatoms. The van der Waals surface area contributed by atoms with E-state index in [4.69, 9.17) is 5.11 Å². The van der Waals surface area contributed by atoms with Gasteiger partial charge in [0.2, 0.25) is 5.91 Å². The summed E-state index contributed by atoms with van der Waals surface area (Å²) in [5, 5.41) is 15.8. The molecule has 0 aromatic heterocycles. The number of carbonyl (C=O) groups is 3. The van der Waals surface area contributed by atoms with Crippen molar-refractivity contribution >= 4 is 17.9 Å². The minimum atomic E-state index is -1.11. The Labute approximate surface area is 86.2 Å². The number of carbonyl (C=O) groups excluding carboxylic acids is 2. The van der Waals surface area contributed by atoms with E-state index in [0.29, 0.717) is 6.54 Å². The predicted molar refractivity (Wildman–Crippen MR) is 50.2 cm³/mol. The van der Waals surface area contributed by atoms with E-state index in [1.807, 2.05) is 0 Å². The van der Waals surface area contributed by atoms with Crippen LogP contribution in [0.15, 0.2) is 0 Å². The number of amides is 3. The molecule has 0 spiro atoms. The highest BCUT2D eigenvalue weighted by molar-refractivity contribution is 5.84. The lowest BCUT2D eigenvalue weighted by Crippen LogP contribution is -2.48. The molecule has 0 aromatic carbocycles. The van der Waals surface area contributed by atoms with Crippen LogP contribution in [0.5, 0.6) is 0 Å². The Morgan fingerprint density at radius 2 is 2.27 bits per heavy atom. The van der Waals surface area contributed by atoms with Crippen molar-refractivity contribution in [2.75, 3.05) is 6.54 Å². The lowest BCUT2D eigenvalue weighted by atomic mass is 10.2. The fourth-order valence-corrected chi connectivity index (χ4v) is 1.19. The molecule has 0 radical (unpaired) electrons. The van der Waals surface area contributed by atoms with Crippen molar-refractivity contribution in [1.29, 1.82) is 0 Å². The van der Waals surface area contributed by atoms with Crippen molar-refractivity contribution in [3.8, 4) is 0 Å². The van der Waals surface area contributed by atoms with Gasteiger partial charge in [0.25, 0.3) is 0 Å². The van der Waals surface area contributed by atoms with Crippen molar-refractivity contribution in [3.63, 3.8) is 0 Å². The van der Waals surface area contributed by atoms with Gasteiger partial charge in [0, 0.05) is 13.0 Å². The Balaban J connectivity index is 2.30. The van der Waals surface area contributed by atoms with Crippen molar-refractivity contribution in [1.82, 2.24) is 16.0 Å². The number of rotatable bonds is 3. The molecule has 3 amide bonds. The van der Waals surface area contributed by atoms with Crippen LogP contribution in [0.3, 0.4) is 0 Å². The zero-order chi connectivity index (χ0) is 11.4. The largest absolute Gasteiger partial charge is 0.480 e. The molecule has 1 heterocycles. The Morgan fingerprint density at radius 1 is 1.60 bits per heavy atom. The van der Waals surface area contributed by atoms with Gasteiger partial charge in [-0.2, -0.15) is 0 Å². The second-order valence-corrected chi connectivity index (χ2v) is 3.38. The zero-order valence-electron chi connectivity index (χ0n) is 8.24. The van der Waals surface area contributed by atoms with Crippen LogP contribution < -0.4 is 16.0 Å². The normalized spacial score (nSPS) is 21.7. The molecule has 1 fully saturated rings. The molecule has 4 N–H and O–H groups in total. The lowest BCUT2D eigenvalue weighted by molar-refractivity contribution is -0.138. The molecular formula is C8H13N3O4. The second-order valence-electron chi connectivity index (χ2n) is 3.38. The van der Waals surface area contributed by atoms with Gasteiger partial charge in [0.1, 0.15) is 6.04 Å². The van der Waals surface area contributed by atoms with Crippen molar-refractivity contribution in [2.45, 2.75) is 25.4 Å². The summed E-state index contributed by atoms with van der Waals surface area (Å²) in [6.07, 6.45) is 0.231. The van der Waals surface area contributed by atoms with E-state index in [1.165, 1.54) is 6.92 Å². The number of urea groups is 1. The van der Waals surface area contributed by atoms with Gasteiger partial charge in [0.15, 0.2) is 0 Å². The topological polar surface area (TPSA) is 108 Å². The second kappa shape index (κ2) is 4.63. The van der Waals surface area contributed by atoms with E-state index in [1.54, 1.807) is 0 Å². The Kier molecular flexibility index (Phi) is 3.48. The first-order valence-electron chi connectivity index (χ1n) is 4.55. The monoisotopic (exact) mass is 215 g/mol. The van der Waals surface area contributed by atoms with E-state index in [0.717, 1.165) is 0 Å². The van der Waals surface area contributed by atoms with Crippen LogP contribution in [-0.2, 0) is 9.59 Å². The molecule has 15 heavy (non-hydrogen) atoms. The van der Waals surface area contributed by atoms with E-state index in [9.17, 15) is 14.4 Å². The molecule has 0 saturated carbocycles. The molecule has 1 rings (SSSR count). The van der Waals surface area contributed by atoms with Crippen LogP contribution in [0, 0.1) is 0 Å². The lowest BCUT2D eigenvalue weighted by Gasteiger charge is -2.13. The molecular weight excluding hydrogens is 202 g/mol. The van der Waals surface area contributed by atoms with Gasteiger partial charge >= 0.3 is 12.0 Å². The SMILES string of the molecule is C[C@H](NC(=O)NC1CNC(=O)C1)C(=O)O. The van der Waals surface area contributed by atoms with Crippen LogP contribution in [0.1, 0.15) is 13.3 Å². The van der Waals surface area contributed by atoms with Gasteiger partial charge in [0.05, 0.1) is 6.04 Å². The fourth-order valence-electron chi connectivity index (χ4n) is 1.19. The predicted octanol–water partition coefficient (Wildman–Crippen LogP) is -1.35. The number of aliphatic carboxylic acids is 1. The number of carboxylic acid groups (broad SMARTS) is 1. The Bertz CT molecular complexity index is 292. The first kappa shape index (κ1) is 11.3. The maximum Gasteiger partial charge on any atom is 0.325 e. The maximum atomic E-state index is 11.2. The van der Waals surface area contributed by atoms with Crippen molar-refractivity contribution in [2.24, 2.45) is 0 Å². The molecule has 0 aromatic rings. The highest BCUT2D eigenvalue weighted by Gasteiger charge is 2.23. The number of nitrogens with one attached hydrogen (secondary N) is 3. The van der Waals surface area contributed by atoms with Gasteiger partial charge in [-0.15, -0.1) is 0 Å². The van der Waals surface area contributed by atoms with Crippen LogP contribution in [0.2, 0.25) is 0 Å². The molecule has 84 valence electrons. The Hall–Kier alpha value is -1.79. The van der Waals surface area contributed by atoms with Crippen LogP contribution in [0.4, 0.5) is 4.79 Å². The van der Waals surface area contributed by atoms with Crippen molar-refractivity contribution < 1.29 is 19.5 Å². The molecule has 1 aliphatic rings. The third-order valence-corrected chi connectivity index (χ3v) is 2.03. The molecule has 1 saturated heterocycles. The van der Waals surface area contributed by atoms with Crippen LogP contribution in [-0.4, -0.2) is 41.6 Å². The van der Waals surface area contributed by atoms with Crippen LogP contribution >= 0.6 is 0 Å². The zero-order valence-corrected chi connectivity index (χ0v) is 8.24. The quantitative estimate of drug-likeness (QED) is 0.466. The fraction of sp³-hybridized carbons (Fsp3) is 0.625. The maximum absolute atomic E-state index is 11.2. The summed E-state index contributed by atoms with van der Waals surface area (Å²) in [5.41, 5.74) is 0. The van der Waals surface area contributed by atoms with Crippen molar-refractivity contribution in [3.05, 3.63) is 0 Å². The number of carboxylic acids is 1. The van der Waals surface area contributed by atoms with Gasteiger partial charge in [-0.05, 0) is 6.92 Å². The smallest absolute Gasteiger partial charge is 0.325 e. The Morgan fingerprint density at radius 3 is 2.73 bits per heavy atom. The van der Waals surface area contributed by atoms with E-state index in [-0.39, 0.29) is 18.4 Å². The van der Waals surface area contributed by atoms with E-state index in [2.05, 4.69) is 16.0 Å².